The van der Waals surface area contributed by atoms with E-state index in [0.717, 1.165) is 28.9 Å². The van der Waals surface area contributed by atoms with Crippen LogP contribution in [-0.2, 0) is 0 Å². The lowest BCUT2D eigenvalue weighted by Gasteiger charge is -2.24. The van der Waals surface area contributed by atoms with Crippen LogP contribution in [0.25, 0.3) is 10.8 Å². The molecule has 0 spiro atoms. The predicted molar refractivity (Wildman–Crippen MR) is 81.4 cm³/mol. The van der Waals surface area contributed by atoms with Crippen molar-refractivity contribution in [3.8, 4) is 0 Å². The average Bonchev–Trinajstić information content (AvgIpc) is 2.92. The zero-order valence-corrected chi connectivity index (χ0v) is 11.5. The van der Waals surface area contributed by atoms with E-state index >= 15 is 0 Å². The zero-order valence-electron chi connectivity index (χ0n) is 11.5. The lowest BCUT2D eigenvalue weighted by molar-refractivity contribution is 0.547. The second-order valence-electron chi connectivity index (χ2n) is 5.63. The number of rotatable bonds is 3. The van der Waals surface area contributed by atoms with Gasteiger partial charge in [-0.15, -0.1) is 0 Å². The Kier molecular flexibility index (Phi) is 3.28. The molecule has 2 N–H and O–H groups in total. The molecule has 1 aliphatic rings. The van der Waals surface area contributed by atoms with E-state index in [9.17, 15) is 0 Å². The molecule has 0 atom stereocenters. The molecule has 0 unspecified atom stereocenters. The van der Waals surface area contributed by atoms with Crippen molar-refractivity contribution in [2.75, 3.05) is 24.2 Å². The summed E-state index contributed by atoms with van der Waals surface area (Å²) in [6.45, 7) is 1.13. The van der Waals surface area contributed by atoms with Crippen molar-refractivity contribution in [1.82, 2.24) is 4.98 Å². The smallest absolute Gasteiger partial charge is 0.0460 e. The molecule has 0 radical (unpaired) electrons. The third kappa shape index (κ3) is 2.37. The van der Waals surface area contributed by atoms with Gasteiger partial charge in [-0.1, -0.05) is 12.8 Å². The van der Waals surface area contributed by atoms with Gasteiger partial charge < -0.3 is 10.6 Å². The summed E-state index contributed by atoms with van der Waals surface area (Å²) in [4.78, 5) is 6.61. The number of pyridine rings is 1. The fourth-order valence-corrected chi connectivity index (χ4v) is 3.21. The molecule has 0 amide bonds. The summed E-state index contributed by atoms with van der Waals surface area (Å²) in [5.41, 5.74) is 8.11. The number of aromatic nitrogens is 1. The number of hydrogen-bond donors (Lipinski definition) is 1. The standard InChI is InChI=1S/C16H21N3/c1-19(11-12-4-2-3-5-12)16-7-6-15(17)13-8-9-18-10-14(13)16/h6-10,12H,2-5,11,17H2,1H3. The van der Waals surface area contributed by atoms with Crippen LogP contribution in [0.1, 0.15) is 25.7 Å². The van der Waals surface area contributed by atoms with Crippen molar-refractivity contribution in [2.45, 2.75) is 25.7 Å². The molecule has 1 fully saturated rings. The van der Waals surface area contributed by atoms with Crippen LogP contribution in [-0.4, -0.2) is 18.6 Å². The van der Waals surface area contributed by atoms with Crippen LogP contribution in [0.3, 0.4) is 0 Å². The van der Waals surface area contributed by atoms with E-state index in [1.165, 1.54) is 31.4 Å². The maximum Gasteiger partial charge on any atom is 0.0460 e. The van der Waals surface area contributed by atoms with Crippen LogP contribution >= 0.6 is 0 Å². The first-order valence-corrected chi connectivity index (χ1v) is 7.09. The first-order chi connectivity index (χ1) is 9.25. The molecule has 3 heteroatoms. The number of nitrogens with zero attached hydrogens (tertiary/aromatic N) is 2. The van der Waals surface area contributed by atoms with Gasteiger partial charge in [-0.05, 0) is 37.0 Å². The highest BCUT2D eigenvalue weighted by Crippen LogP contribution is 2.32. The van der Waals surface area contributed by atoms with E-state index in [1.54, 1.807) is 6.20 Å². The van der Waals surface area contributed by atoms with Crippen LogP contribution in [0.2, 0.25) is 0 Å². The topological polar surface area (TPSA) is 42.1 Å². The molecule has 1 heterocycles. The van der Waals surface area contributed by atoms with Gasteiger partial charge in [0.2, 0.25) is 0 Å². The summed E-state index contributed by atoms with van der Waals surface area (Å²) >= 11 is 0. The third-order valence-electron chi connectivity index (χ3n) is 4.25. The molecule has 1 aromatic carbocycles. The maximum absolute atomic E-state index is 6.04. The number of nitrogen functional groups attached to an aromatic ring is 1. The Morgan fingerprint density at radius 2 is 2.00 bits per heavy atom. The maximum atomic E-state index is 6.04. The number of nitrogens with two attached hydrogens (primary N) is 1. The van der Waals surface area contributed by atoms with Crippen molar-refractivity contribution in [3.05, 3.63) is 30.6 Å². The van der Waals surface area contributed by atoms with E-state index in [-0.39, 0.29) is 0 Å². The first kappa shape index (κ1) is 12.3. The molecule has 1 aliphatic carbocycles. The van der Waals surface area contributed by atoms with Gasteiger partial charge in [0.05, 0.1) is 0 Å². The third-order valence-corrected chi connectivity index (χ3v) is 4.25. The summed E-state index contributed by atoms with van der Waals surface area (Å²) in [5, 5.41) is 2.26. The number of benzene rings is 1. The fraction of sp³-hybridized carbons (Fsp3) is 0.438. The Morgan fingerprint density at radius 1 is 1.21 bits per heavy atom. The van der Waals surface area contributed by atoms with Gasteiger partial charge >= 0.3 is 0 Å². The number of fused-ring (bicyclic) bond motifs is 1. The van der Waals surface area contributed by atoms with Gasteiger partial charge in [0.15, 0.2) is 0 Å². The predicted octanol–water partition coefficient (Wildman–Crippen LogP) is 3.44. The monoisotopic (exact) mass is 255 g/mol. The summed E-state index contributed by atoms with van der Waals surface area (Å²) in [7, 11) is 2.18. The Hall–Kier alpha value is -1.77. The normalized spacial score (nSPS) is 16.1. The first-order valence-electron chi connectivity index (χ1n) is 7.09. The Labute approximate surface area is 114 Å². The average molecular weight is 255 g/mol. The largest absolute Gasteiger partial charge is 0.398 e. The molecule has 2 aromatic rings. The molecule has 0 saturated heterocycles. The molecule has 0 aliphatic heterocycles. The molecule has 3 nitrogen and oxygen atoms in total. The molecule has 1 aromatic heterocycles. The van der Waals surface area contributed by atoms with E-state index in [1.807, 2.05) is 18.3 Å². The van der Waals surface area contributed by atoms with Gasteiger partial charge in [-0.25, -0.2) is 0 Å². The molecule has 100 valence electrons. The Bertz CT molecular complexity index is 573. The fourth-order valence-electron chi connectivity index (χ4n) is 3.21. The zero-order chi connectivity index (χ0) is 13.2. The minimum atomic E-state index is 0.829. The summed E-state index contributed by atoms with van der Waals surface area (Å²) < 4.78 is 0. The van der Waals surface area contributed by atoms with Gasteiger partial charge in [-0.3, -0.25) is 4.98 Å². The van der Waals surface area contributed by atoms with Crippen LogP contribution in [0, 0.1) is 5.92 Å². The SMILES string of the molecule is CN(CC1CCCC1)c1ccc(N)c2ccncc12. The minimum Gasteiger partial charge on any atom is -0.398 e. The summed E-state index contributed by atoms with van der Waals surface area (Å²) in [6, 6.07) is 6.12. The van der Waals surface area contributed by atoms with Crippen LogP contribution in [0.5, 0.6) is 0 Å². The molecule has 3 rings (SSSR count). The Balaban J connectivity index is 1.93. The van der Waals surface area contributed by atoms with Crippen molar-refractivity contribution < 1.29 is 0 Å². The lowest BCUT2D eigenvalue weighted by Crippen LogP contribution is -2.24. The number of anilines is 2. The summed E-state index contributed by atoms with van der Waals surface area (Å²) in [5.74, 6) is 0.842. The summed E-state index contributed by atoms with van der Waals surface area (Å²) in [6.07, 6.45) is 9.25. The van der Waals surface area contributed by atoms with E-state index in [2.05, 4.69) is 23.0 Å². The molecule has 0 bridgehead atoms. The van der Waals surface area contributed by atoms with Gasteiger partial charge in [-0.2, -0.15) is 0 Å². The van der Waals surface area contributed by atoms with Crippen molar-refractivity contribution >= 4 is 22.1 Å². The van der Waals surface area contributed by atoms with E-state index in [0.29, 0.717) is 0 Å². The van der Waals surface area contributed by atoms with Crippen LogP contribution < -0.4 is 10.6 Å². The van der Waals surface area contributed by atoms with Crippen LogP contribution in [0.4, 0.5) is 11.4 Å². The highest BCUT2D eigenvalue weighted by atomic mass is 15.1. The van der Waals surface area contributed by atoms with Gasteiger partial charge in [0.1, 0.15) is 0 Å². The number of hydrogen-bond acceptors (Lipinski definition) is 3. The molecular weight excluding hydrogens is 234 g/mol. The Morgan fingerprint density at radius 3 is 2.79 bits per heavy atom. The van der Waals surface area contributed by atoms with E-state index in [4.69, 9.17) is 5.73 Å². The second kappa shape index (κ2) is 5.08. The highest BCUT2D eigenvalue weighted by Gasteiger charge is 2.18. The molecular formula is C16H21N3. The molecule has 19 heavy (non-hydrogen) atoms. The van der Waals surface area contributed by atoms with E-state index < -0.39 is 0 Å². The second-order valence-corrected chi connectivity index (χ2v) is 5.63. The van der Waals surface area contributed by atoms with Gasteiger partial charge in [0.25, 0.3) is 0 Å². The van der Waals surface area contributed by atoms with Gasteiger partial charge in [0, 0.05) is 48.1 Å². The van der Waals surface area contributed by atoms with Crippen molar-refractivity contribution in [2.24, 2.45) is 5.92 Å². The highest BCUT2D eigenvalue weighted by molar-refractivity contribution is 6.00. The minimum absolute atomic E-state index is 0.829. The lowest BCUT2D eigenvalue weighted by atomic mass is 10.1. The van der Waals surface area contributed by atoms with Crippen molar-refractivity contribution in [1.29, 1.82) is 0 Å². The van der Waals surface area contributed by atoms with Crippen LogP contribution in [0.15, 0.2) is 30.6 Å². The quantitative estimate of drug-likeness (QED) is 0.854. The van der Waals surface area contributed by atoms with Crippen molar-refractivity contribution in [3.63, 3.8) is 0 Å². The molecule has 1 saturated carbocycles.